The quantitative estimate of drug-likeness (QED) is 0.659. The number of carbonyl (C=O) groups is 1. The van der Waals surface area contributed by atoms with Crippen LogP contribution in [0.3, 0.4) is 0 Å². The first kappa shape index (κ1) is 12.2. The van der Waals surface area contributed by atoms with Gasteiger partial charge in [0, 0.05) is 10.6 Å². The standard InChI is InChI=1S/C11H12FNO3S/c1-15-11(14)7-2-10(8(12)3-9(7)13)17-6-4-16-5-6/h2-3,6H,4-5,13H2,1H3. The molecule has 0 aliphatic carbocycles. The fraction of sp³-hybridized carbons (Fsp3) is 0.364. The van der Waals surface area contributed by atoms with E-state index in [2.05, 4.69) is 4.74 Å². The van der Waals surface area contributed by atoms with Gasteiger partial charge in [0.1, 0.15) is 5.82 Å². The summed E-state index contributed by atoms with van der Waals surface area (Å²) in [5.41, 5.74) is 5.85. The van der Waals surface area contributed by atoms with Gasteiger partial charge in [-0.15, -0.1) is 11.8 Å². The predicted octanol–water partition coefficient (Wildman–Crippen LogP) is 1.69. The lowest BCUT2D eigenvalue weighted by molar-refractivity contribution is 0.0455. The van der Waals surface area contributed by atoms with Gasteiger partial charge in [-0.3, -0.25) is 0 Å². The monoisotopic (exact) mass is 257 g/mol. The van der Waals surface area contributed by atoms with Crippen LogP contribution in [0.4, 0.5) is 10.1 Å². The van der Waals surface area contributed by atoms with Gasteiger partial charge in [-0.1, -0.05) is 0 Å². The number of methoxy groups -OCH3 is 1. The SMILES string of the molecule is COC(=O)c1cc(SC2COC2)c(F)cc1N. The van der Waals surface area contributed by atoms with E-state index in [-0.39, 0.29) is 16.5 Å². The number of rotatable bonds is 3. The topological polar surface area (TPSA) is 61.5 Å². The van der Waals surface area contributed by atoms with Gasteiger partial charge in [0.2, 0.25) is 0 Å². The van der Waals surface area contributed by atoms with Gasteiger partial charge in [-0.25, -0.2) is 9.18 Å². The number of anilines is 1. The minimum absolute atomic E-state index is 0.0866. The molecule has 0 bridgehead atoms. The van der Waals surface area contributed by atoms with Gasteiger partial charge in [-0.2, -0.15) is 0 Å². The van der Waals surface area contributed by atoms with Crippen molar-refractivity contribution in [1.82, 2.24) is 0 Å². The number of ether oxygens (including phenoxy) is 2. The van der Waals surface area contributed by atoms with Gasteiger partial charge in [0.05, 0.1) is 31.1 Å². The summed E-state index contributed by atoms with van der Waals surface area (Å²) >= 11 is 1.34. The average Bonchev–Trinajstić information content (AvgIpc) is 2.24. The van der Waals surface area contributed by atoms with E-state index in [1.807, 2.05) is 0 Å². The number of halogens is 1. The summed E-state index contributed by atoms with van der Waals surface area (Å²) < 4.78 is 23.2. The molecule has 2 N–H and O–H groups in total. The Hall–Kier alpha value is -1.27. The Bertz CT molecular complexity index is 449. The van der Waals surface area contributed by atoms with Crippen LogP contribution < -0.4 is 5.73 Å². The molecule has 0 atom stereocenters. The Morgan fingerprint density at radius 3 is 2.82 bits per heavy atom. The van der Waals surface area contributed by atoms with E-state index < -0.39 is 11.8 Å². The number of benzene rings is 1. The highest BCUT2D eigenvalue weighted by Crippen LogP contribution is 2.32. The van der Waals surface area contributed by atoms with E-state index >= 15 is 0 Å². The number of nitrogens with two attached hydrogens (primary N) is 1. The second-order valence-corrected chi connectivity index (χ2v) is 4.98. The van der Waals surface area contributed by atoms with E-state index in [0.717, 1.165) is 6.07 Å². The molecule has 6 heteroatoms. The molecule has 17 heavy (non-hydrogen) atoms. The summed E-state index contributed by atoms with van der Waals surface area (Å²) in [4.78, 5) is 11.8. The van der Waals surface area contributed by atoms with Crippen LogP contribution in [0.5, 0.6) is 0 Å². The van der Waals surface area contributed by atoms with Crippen LogP contribution in [0.1, 0.15) is 10.4 Å². The predicted molar refractivity (Wildman–Crippen MR) is 62.6 cm³/mol. The summed E-state index contributed by atoms with van der Waals surface area (Å²) in [6.45, 7) is 1.20. The maximum absolute atomic E-state index is 13.6. The van der Waals surface area contributed by atoms with Gasteiger partial charge in [0.15, 0.2) is 0 Å². The third-order valence-corrected chi connectivity index (χ3v) is 3.58. The van der Waals surface area contributed by atoms with Crippen LogP contribution in [0.25, 0.3) is 0 Å². The maximum Gasteiger partial charge on any atom is 0.339 e. The molecule has 1 aliphatic rings. The summed E-state index contributed by atoms with van der Waals surface area (Å²) in [7, 11) is 1.26. The molecule has 1 aromatic rings. The molecule has 1 fully saturated rings. The van der Waals surface area contributed by atoms with Gasteiger partial charge >= 0.3 is 5.97 Å². The van der Waals surface area contributed by atoms with Gasteiger partial charge in [-0.05, 0) is 12.1 Å². The Balaban J connectivity index is 2.27. The average molecular weight is 257 g/mol. The highest BCUT2D eigenvalue weighted by molar-refractivity contribution is 8.00. The van der Waals surface area contributed by atoms with E-state index in [9.17, 15) is 9.18 Å². The summed E-state index contributed by atoms with van der Waals surface area (Å²) in [6, 6.07) is 2.58. The summed E-state index contributed by atoms with van der Waals surface area (Å²) in [5.74, 6) is -0.985. The highest BCUT2D eigenvalue weighted by atomic mass is 32.2. The van der Waals surface area contributed by atoms with Crippen molar-refractivity contribution in [2.75, 3.05) is 26.1 Å². The smallest absolute Gasteiger partial charge is 0.339 e. The number of hydrogen-bond donors (Lipinski definition) is 1. The zero-order valence-corrected chi connectivity index (χ0v) is 10.1. The van der Waals surface area contributed by atoms with Crippen molar-refractivity contribution in [2.45, 2.75) is 10.1 Å². The van der Waals surface area contributed by atoms with Crippen molar-refractivity contribution in [1.29, 1.82) is 0 Å². The fourth-order valence-corrected chi connectivity index (χ4v) is 2.45. The number of carbonyl (C=O) groups excluding carboxylic acids is 1. The minimum Gasteiger partial charge on any atom is -0.465 e. The Kier molecular flexibility index (Phi) is 3.54. The molecule has 0 saturated carbocycles. The Morgan fingerprint density at radius 2 is 2.29 bits per heavy atom. The lowest BCUT2D eigenvalue weighted by atomic mass is 10.2. The number of esters is 1. The normalized spacial score (nSPS) is 15.4. The number of nitrogen functional groups attached to an aromatic ring is 1. The molecule has 0 amide bonds. The second-order valence-electron chi connectivity index (χ2n) is 3.64. The lowest BCUT2D eigenvalue weighted by Gasteiger charge is -2.25. The molecule has 0 aromatic heterocycles. The van der Waals surface area contributed by atoms with E-state index in [0.29, 0.717) is 18.1 Å². The molecule has 4 nitrogen and oxygen atoms in total. The zero-order valence-electron chi connectivity index (χ0n) is 9.23. The molecular weight excluding hydrogens is 245 g/mol. The minimum atomic E-state index is -0.561. The van der Waals surface area contributed by atoms with Crippen LogP contribution in [0, 0.1) is 5.82 Å². The first-order chi connectivity index (χ1) is 8.11. The molecule has 2 rings (SSSR count). The van der Waals surface area contributed by atoms with E-state index in [1.165, 1.54) is 24.9 Å². The fourth-order valence-electron chi connectivity index (χ4n) is 1.41. The van der Waals surface area contributed by atoms with Gasteiger partial charge < -0.3 is 15.2 Å². The van der Waals surface area contributed by atoms with Crippen molar-refractivity contribution in [3.05, 3.63) is 23.5 Å². The number of thioether (sulfide) groups is 1. The molecular formula is C11H12FNO3S. The van der Waals surface area contributed by atoms with Crippen LogP contribution in [-0.2, 0) is 9.47 Å². The summed E-state index contributed by atoms with van der Waals surface area (Å²) in [6.07, 6.45) is 0. The molecule has 1 aliphatic heterocycles. The van der Waals surface area contributed by atoms with E-state index in [1.54, 1.807) is 0 Å². The number of hydrogen-bond acceptors (Lipinski definition) is 5. The molecule has 1 heterocycles. The molecule has 0 spiro atoms. The molecule has 0 unspecified atom stereocenters. The maximum atomic E-state index is 13.6. The molecule has 92 valence electrons. The van der Waals surface area contributed by atoms with Crippen molar-refractivity contribution in [3.63, 3.8) is 0 Å². The first-order valence-corrected chi connectivity index (χ1v) is 5.91. The van der Waals surface area contributed by atoms with Crippen LogP contribution in [0.15, 0.2) is 17.0 Å². The van der Waals surface area contributed by atoms with E-state index in [4.69, 9.17) is 10.5 Å². The largest absolute Gasteiger partial charge is 0.465 e. The van der Waals surface area contributed by atoms with Crippen LogP contribution >= 0.6 is 11.8 Å². The van der Waals surface area contributed by atoms with Crippen molar-refractivity contribution in [3.8, 4) is 0 Å². The molecule has 0 radical (unpaired) electrons. The third-order valence-electron chi connectivity index (χ3n) is 2.41. The van der Waals surface area contributed by atoms with Crippen molar-refractivity contribution in [2.24, 2.45) is 0 Å². The highest BCUT2D eigenvalue weighted by Gasteiger charge is 2.23. The Labute approximate surface area is 102 Å². The van der Waals surface area contributed by atoms with Crippen molar-refractivity contribution < 1.29 is 18.7 Å². The molecule has 1 saturated heterocycles. The zero-order chi connectivity index (χ0) is 12.4. The lowest BCUT2D eigenvalue weighted by Crippen LogP contribution is -2.30. The second kappa shape index (κ2) is 4.93. The third kappa shape index (κ3) is 2.53. The first-order valence-electron chi connectivity index (χ1n) is 5.03. The van der Waals surface area contributed by atoms with Crippen LogP contribution in [-0.4, -0.2) is 31.5 Å². The van der Waals surface area contributed by atoms with Gasteiger partial charge in [0.25, 0.3) is 0 Å². The summed E-state index contributed by atoms with van der Waals surface area (Å²) in [5, 5.41) is 0.235. The van der Waals surface area contributed by atoms with Crippen molar-refractivity contribution >= 4 is 23.4 Å². The molecule has 1 aromatic carbocycles. The Morgan fingerprint density at radius 1 is 1.59 bits per heavy atom. The van der Waals surface area contributed by atoms with Crippen LogP contribution in [0.2, 0.25) is 0 Å².